The Balaban J connectivity index is 0.00000220. The zero-order valence-corrected chi connectivity index (χ0v) is 15.0. The summed E-state index contributed by atoms with van der Waals surface area (Å²) < 4.78 is 5.48. The molecule has 6 heteroatoms. The molecule has 0 bridgehead atoms. The third kappa shape index (κ3) is 5.51. The van der Waals surface area contributed by atoms with Gasteiger partial charge in [-0.05, 0) is 12.5 Å². The Kier molecular flexibility index (Phi) is 10.6. The van der Waals surface area contributed by atoms with Crippen molar-refractivity contribution in [2.45, 2.75) is 32.2 Å². The third-order valence-corrected chi connectivity index (χ3v) is 4.00. The largest absolute Gasteiger partial charge is 0.508 e. The smallest absolute Gasteiger partial charge is 0.127 e. The van der Waals surface area contributed by atoms with E-state index in [9.17, 15) is 5.11 Å². The van der Waals surface area contributed by atoms with Gasteiger partial charge in [0.25, 0.3) is 0 Å². The molecule has 128 valence electrons. The van der Waals surface area contributed by atoms with Gasteiger partial charge in [-0.3, -0.25) is 4.90 Å². The van der Waals surface area contributed by atoms with E-state index in [1.807, 2.05) is 6.07 Å². The predicted octanol–water partition coefficient (Wildman–Crippen LogP) is 3.38. The first-order chi connectivity index (χ1) is 9.76. The molecule has 0 aromatic heterocycles. The number of phenolic OH excluding ortho intramolecular Hbond substituents is 1. The van der Waals surface area contributed by atoms with Crippen molar-refractivity contribution in [3.63, 3.8) is 0 Å². The normalized spacial score (nSPS) is 16.3. The van der Waals surface area contributed by atoms with Gasteiger partial charge in [0.05, 0.1) is 7.11 Å². The fraction of sp³-hybridized carbons (Fsp3) is 0.625. The average Bonchev–Trinajstić information content (AvgIpc) is 2.49. The quantitative estimate of drug-likeness (QED) is 0.825. The van der Waals surface area contributed by atoms with E-state index < -0.39 is 0 Å². The zero-order valence-electron chi connectivity index (χ0n) is 13.4. The van der Waals surface area contributed by atoms with Gasteiger partial charge >= 0.3 is 0 Å². The first-order valence-electron chi connectivity index (χ1n) is 7.58. The van der Waals surface area contributed by atoms with Crippen LogP contribution < -0.4 is 10.1 Å². The molecule has 1 aliphatic heterocycles. The minimum absolute atomic E-state index is 0. The number of benzene rings is 1. The maximum absolute atomic E-state index is 9.63. The van der Waals surface area contributed by atoms with E-state index in [0.29, 0.717) is 6.04 Å². The van der Waals surface area contributed by atoms with Gasteiger partial charge in [0, 0.05) is 43.9 Å². The van der Waals surface area contributed by atoms with Gasteiger partial charge in [-0.25, -0.2) is 0 Å². The van der Waals surface area contributed by atoms with Crippen LogP contribution in [-0.2, 0) is 0 Å². The van der Waals surface area contributed by atoms with Crippen LogP contribution in [0, 0.1) is 0 Å². The van der Waals surface area contributed by atoms with Crippen molar-refractivity contribution in [3.8, 4) is 11.5 Å². The highest BCUT2D eigenvalue weighted by atomic mass is 35.5. The Morgan fingerprint density at radius 1 is 1.27 bits per heavy atom. The average molecular weight is 351 g/mol. The van der Waals surface area contributed by atoms with Gasteiger partial charge in [0.15, 0.2) is 0 Å². The molecular weight excluding hydrogens is 323 g/mol. The van der Waals surface area contributed by atoms with Gasteiger partial charge in [0.2, 0.25) is 0 Å². The van der Waals surface area contributed by atoms with Crippen molar-refractivity contribution in [3.05, 3.63) is 23.8 Å². The van der Waals surface area contributed by atoms with Crippen LogP contribution in [0.15, 0.2) is 18.2 Å². The Hall–Kier alpha value is -0.680. The van der Waals surface area contributed by atoms with Crippen molar-refractivity contribution in [2.24, 2.45) is 0 Å². The number of hydrogen-bond acceptors (Lipinski definition) is 4. The molecule has 1 saturated heterocycles. The third-order valence-electron chi connectivity index (χ3n) is 4.00. The lowest BCUT2D eigenvalue weighted by molar-refractivity contribution is 0.160. The molecule has 1 aliphatic rings. The maximum Gasteiger partial charge on any atom is 0.127 e. The van der Waals surface area contributed by atoms with Crippen LogP contribution >= 0.6 is 24.8 Å². The first-order valence-corrected chi connectivity index (χ1v) is 7.58. The molecule has 1 fully saturated rings. The summed E-state index contributed by atoms with van der Waals surface area (Å²) in [5.74, 6) is 1.06. The number of halogens is 2. The number of hydrogen-bond donors (Lipinski definition) is 2. The number of nitrogens with zero attached hydrogens (tertiary/aromatic N) is 1. The topological polar surface area (TPSA) is 44.7 Å². The van der Waals surface area contributed by atoms with E-state index in [1.54, 1.807) is 19.2 Å². The summed E-state index contributed by atoms with van der Waals surface area (Å²) in [5.41, 5.74) is 1.20. The number of ether oxygens (including phenoxy) is 1. The second-order valence-corrected chi connectivity index (χ2v) is 5.37. The van der Waals surface area contributed by atoms with Gasteiger partial charge < -0.3 is 15.2 Å². The minimum atomic E-state index is 0. The standard InChI is InChI=1S/C16H26N2O2.2ClH/c1-3-4-5-15(18-10-8-17-9-11-18)14-7-6-13(19)12-16(14)20-2;;/h6-7,12,15,17,19H,3-5,8-11H2,1-2H3;2*1H/t15-;;/m0../s1. The van der Waals surface area contributed by atoms with Crippen molar-refractivity contribution >= 4 is 24.8 Å². The molecule has 2 N–H and O–H groups in total. The number of methoxy groups -OCH3 is 1. The predicted molar refractivity (Wildman–Crippen MR) is 95.9 cm³/mol. The molecule has 1 aromatic rings. The Morgan fingerprint density at radius 2 is 1.95 bits per heavy atom. The molecule has 1 heterocycles. The van der Waals surface area contributed by atoms with Crippen LogP contribution in [0.1, 0.15) is 37.8 Å². The summed E-state index contributed by atoms with van der Waals surface area (Å²) >= 11 is 0. The fourth-order valence-corrected chi connectivity index (χ4v) is 2.90. The van der Waals surface area contributed by atoms with E-state index >= 15 is 0 Å². The summed E-state index contributed by atoms with van der Waals surface area (Å²) in [7, 11) is 1.67. The molecular formula is C16H28Cl2N2O2. The highest BCUT2D eigenvalue weighted by molar-refractivity contribution is 5.85. The summed E-state index contributed by atoms with van der Waals surface area (Å²) in [6.07, 6.45) is 3.54. The molecule has 4 nitrogen and oxygen atoms in total. The van der Waals surface area contributed by atoms with E-state index in [4.69, 9.17) is 4.74 Å². The summed E-state index contributed by atoms with van der Waals surface area (Å²) in [4.78, 5) is 2.53. The van der Waals surface area contributed by atoms with Crippen molar-refractivity contribution < 1.29 is 9.84 Å². The van der Waals surface area contributed by atoms with Crippen molar-refractivity contribution in [2.75, 3.05) is 33.3 Å². The van der Waals surface area contributed by atoms with E-state index in [2.05, 4.69) is 17.1 Å². The number of piperazine rings is 1. The lowest BCUT2D eigenvalue weighted by Gasteiger charge is -2.36. The number of unbranched alkanes of at least 4 members (excludes halogenated alkanes) is 1. The van der Waals surface area contributed by atoms with Crippen LogP contribution in [0.5, 0.6) is 11.5 Å². The lowest BCUT2D eigenvalue weighted by atomic mass is 9.97. The van der Waals surface area contributed by atoms with E-state index in [-0.39, 0.29) is 30.6 Å². The molecule has 0 radical (unpaired) electrons. The van der Waals surface area contributed by atoms with Gasteiger partial charge in [-0.2, -0.15) is 0 Å². The Morgan fingerprint density at radius 3 is 2.55 bits per heavy atom. The van der Waals surface area contributed by atoms with Crippen LogP contribution in [0.3, 0.4) is 0 Å². The minimum Gasteiger partial charge on any atom is -0.508 e. The number of phenols is 1. The van der Waals surface area contributed by atoms with E-state index in [1.165, 1.54) is 18.4 Å². The van der Waals surface area contributed by atoms with Crippen LogP contribution in [-0.4, -0.2) is 43.3 Å². The van der Waals surface area contributed by atoms with Crippen LogP contribution in [0.25, 0.3) is 0 Å². The SMILES string of the molecule is CCCC[C@@H](c1ccc(O)cc1OC)N1CCNCC1.Cl.Cl. The molecule has 2 rings (SSSR count). The van der Waals surface area contributed by atoms with Crippen molar-refractivity contribution in [1.82, 2.24) is 10.2 Å². The Bertz CT molecular complexity index is 427. The highest BCUT2D eigenvalue weighted by Crippen LogP contribution is 2.35. The molecule has 0 saturated carbocycles. The molecule has 0 unspecified atom stereocenters. The summed E-state index contributed by atoms with van der Waals surface area (Å²) in [5, 5.41) is 13.0. The molecule has 1 atom stereocenters. The number of rotatable bonds is 6. The zero-order chi connectivity index (χ0) is 14.4. The van der Waals surface area contributed by atoms with E-state index in [0.717, 1.165) is 38.3 Å². The molecule has 1 aromatic carbocycles. The van der Waals surface area contributed by atoms with Gasteiger partial charge in [-0.15, -0.1) is 24.8 Å². The number of nitrogens with one attached hydrogen (secondary N) is 1. The van der Waals surface area contributed by atoms with Gasteiger partial charge in [-0.1, -0.05) is 25.8 Å². The molecule has 0 amide bonds. The van der Waals surface area contributed by atoms with Gasteiger partial charge in [0.1, 0.15) is 11.5 Å². The molecule has 22 heavy (non-hydrogen) atoms. The van der Waals surface area contributed by atoms with Crippen LogP contribution in [0.4, 0.5) is 0 Å². The first kappa shape index (κ1) is 21.3. The monoisotopic (exact) mass is 350 g/mol. The lowest BCUT2D eigenvalue weighted by Crippen LogP contribution is -2.45. The highest BCUT2D eigenvalue weighted by Gasteiger charge is 2.24. The molecule has 0 spiro atoms. The summed E-state index contributed by atoms with van der Waals surface area (Å²) in [6, 6.07) is 5.87. The maximum atomic E-state index is 9.63. The second kappa shape index (κ2) is 10.9. The van der Waals surface area contributed by atoms with Crippen molar-refractivity contribution in [1.29, 1.82) is 0 Å². The van der Waals surface area contributed by atoms with Crippen LogP contribution in [0.2, 0.25) is 0 Å². The molecule has 0 aliphatic carbocycles. The fourth-order valence-electron chi connectivity index (χ4n) is 2.90. The Labute approximate surface area is 146 Å². The summed E-state index contributed by atoms with van der Waals surface area (Å²) in [6.45, 7) is 6.45. The number of aromatic hydroxyl groups is 1. The second-order valence-electron chi connectivity index (χ2n) is 5.37.